The summed E-state index contributed by atoms with van der Waals surface area (Å²) in [6, 6.07) is 5.34. The van der Waals surface area contributed by atoms with E-state index in [1.165, 1.54) is 0 Å². The molecule has 0 atom stereocenters. The van der Waals surface area contributed by atoms with Crippen molar-refractivity contribution in [3.8, 4) is 0 Å². The van der Waals surface area contributed by atoms with Gasteiger partial charge >= 0.3 is 0 Å². The second-order valence-corrected chi connectivity index (χ2v) is 3.00. The lowest BCUT2D eigenvalue weighted by Crippen LogP contribution is -1.92. The van der Waals surface area contributed by atoms with E-state index in [0.717, 1.165) is 17.6 Å². The minimum Gasteiger partial charge on any atom is -0.396 e. The van der Waals surface area contributed by atoms with Crippen molar-refractivity contribution in [2.45, 2.75) is 6.42 Å². The standard InChI is InChI=1S/C10H10N2O2/c13-5-4-8-6-12-9(7-14)2-1-3-10(12)11-8/h1-3,6-7,13H,4-5H2. The first-order chi connectivity index (χ1) is 6.85. The summed E-state index contributed by atoms with van der Waals surface area (Å²) in [4.78, 5) is 14.9. The molecule has 1 N–H and O–H groups in total. The number of hydrogen-bond donors (Lipinski definition) is 1. The van der Waals surface area contributed by atoms with Crippen molar-refractivity contribution in [2.24, 2.45) is 0 Å². The average molecular weight is 190 g/mol. The molecule has 72 valence electrons. The lowest BCUT2D eigenvalue weighted by Gasteiger charge is -1.94. The fourth-order valence-electron chi connectivity index (χ4n) is 1.41. The number of hydrogen-bond acceptors (Lipinski definition) is 3. The van der Waals surface area contributed by atoms with E-state index < -0.39 is 0 Å². The molecule has 0 aromatic carbocycles. The van der Waals surface area contributed by atoms with Crippen LogP contribution >= 0.6 is 0 Å². The highest BCUT2D eigenvalue weighted by Gasteiger charge is 2.03. The summed E-state index contributed by atoms with van der Waals surface area (Å²) >= 11 is 0. The highest BCUT2D eigenvalue weighted by Crippen LogP contribution is 2.07. The second kappa shape index (κ2) is 3.59. The molecule has 4 heteroatoms. The Labute approximate surface area is 80.8 Å². The van der Waals surface area contributed by atoms with Gasteiger partial charge in [0.15, 0.2) is 6.29 Å². The molecule has 2 aromatic heterocycles. The van der Waals surface area contributed by atoms with Crippen molar-refractivity contribution in [1.82, 2.24) is 9.38 Å². The molecule has 2 heterocycles. The van der Waals surface area contributed by atoms with E-state index in [0.29, 0.717) is 12.1 Å². The van der Waals surface area contributed by atoms with Crippen LogP contribution in [-0.4, -0.2) is 27.4 Å². The molecule has 4 nitrogen and oxygen atoms in total. The Hall–Kier alpha value is -1.68. The Bertz CT molecular complexity index is 462. The predicted molar refractivity (Wildman–Crippen MR) is 51.4 cm³/mol. The van der Waals surface area contributed by atoms with Crippen LogP contribution < -0.4 is 0 Å². The molecule has 0 unspecified atom stereocenters. The van der Waals surface area contributed by atoms with E-state index in [1.807, 2.05) is 6.07 Å². The summed E-state index contributed by atoms with van der Waals surface area (Å²) in [6.07, 6.45) is 3.08. The van der Waals surface area contributed by atoms with Gasteiger partial charge in [0.05, 0.1) is 11.4 Å². The zero-order valence-electron chi connectivity index (χ0n) is 7.55. The minimum absolute atomic E-state index is 0.0697. The Morgan fingerprint density at radius 3 is 3.07 bits per heavy atom. The van der Waals surface area contributed by atoms with Crippen LogP contribution in [0.15, 0.2) is 24.4 Å². The van der Waals surface area contributed by atoms with Crippen molar-refractivity contribution < 1.29 is 9.90 Å². The average Bonchev–Trinajstić information content (AvgIpc) is 2.60. The van der Waals surface area contributed by atoms with Crippen molar-refractivity contribution in [1.29, 1.82) is 0 Å². The summed E-state index contributed by atoms with van der Waals surface area (Å²) in [5.74, 6) is 0. The summed E-state index contributed by atoms with van der Waals surface area (Å²) in [6.45, 7) is 0.0697. The van der Waals surface area contributed by atoms with Gasteiger partial charge in [0.2, 0.25) is 0 Å². The maximum atomic E-state index is 10.7. The minimum atomic E-state index is 0.0697. The first-order valence-electron chi connectivity index (χ1n) is 4.38. The molecule has 0 saturated heterocycles. The SMILES string of the molecule is O=Cc1cccc2nc(CCO)cn12. The summed E-state index contributed by atoms with van der Waals surface area (Å²) < 4.78 is 1.72. The van der Waals surface area contributed by atoms with Crippen molar-refractivity contribution in [2.75, 3.05) is 6.61 Å². The number of pyridine rings is 1. The second-order valence-electron chi connectivity index (χ2n) is 3.00. The van der Waals surface area contributed by atoms with E-state index in [-0.39, 0.29) is 6.61 Å². The molecule has 0 radical (unpaired) electrons. The number of aromatic nitrogens is 2. The molecule has 0 aliphatic heterocycles. The van der Waals surface area contributed by atoms with E-state index in [2.05, 4.69) is 4.98 Å². The van der Waals surface area contributed by atoms with Gasteiger partial charge < -0.3 is 5.11 Å². The normalized spacial score (nSPS) is 10.6. The van der Waals surface area contributed by atoms with Crippen LogP contribution in [0.1, 0.15) is 16.2 Å². The third kappa shape index (κ3) is 1.40. The molecule has 2 rings (SSSR count). The molecule has 0 spiro atoms. The monoisotopic (exact) mass is 190 g/mol. The van der Waals surface area contributed by atoms with E-state index >= 15 is 0 Å². The fraction of sp³-hybridized carbons (Fsp3) is 0.200. The van der Waals surface area contributed by atoms with Gasteiger partial charge in [-0.2, -0.15) is 0 Å². The number of rotatable bonds is 3. The van der Waals surface area contributed by atoms with Gasteiger partial charge in [-0.15, -0.1) is 0 Å². The van der Waals surface area contributed by atoms with Crippen molar-refractivity contribution in [3.05, 3.63) is 35.8 Å². The number of aliphatic hydroxyl groups excluding tert-OH is 1. The van der Waals surface area contributed by atoms with Crippen molar-refractivity contribution >= 4 is 11.9 Å². The molecule has 0 amide bonds. The zero-order valence-corrected chi connectivity index (χ0v) is 7.55. The first kappa shape index (κ1) is 8.90. The van der Waals surface area contributed by atoms with Gasteiger partial charge in [0.1, 0.15) is 5.65 Å². The van der Waals surface area contributed by atoms with E-state index in [1.54, 1.807) is 22.7 Å². The number of carbonyl (C=O) groups is 1. The maximum absolute atomic E-state index is 10.7. The molecular formula is C10H10N2O2. The number of aliphatic hydroxyl groups is 1. The third-order valence-corrected chi connectivity index (χ3v) is 2.06. The molecule has 0 aliphatic rings. The van der Waals surface area contributed by atoms with Gasteiger partial charge in [0, 0.05) is 19.2 Å². The van der Waals surface area contributed by atoms with Crippen LogP contribution in [0.25, 0.3) is 5.65 Å². The van der Waals surface area contributed by atoms with Crippen LogP contribution in [0.5, 0.6) is 0 Å². The van der Waals surface area contributed by atoms with Gasteiger partial charge in [0.25, 0.3) is 0 Å². The molecular weight excluding hydrogens is 180 g/mol. The summed E-state index contributed by atoms with van der Waals surface area (Å²) in [7, 11) is 0. The first-order valence-corrected chi connectivity index (χ1v) is 4.38. The van der Waals surface area contributed by atoms with Crippen LogP contribution in [0.4, 0.5) is 0 Å². The fourth-order valence-corrected chi connectivity index (χ4v) is 1.41. The van der Waals surface area contributed by atoms with Crippen molar-refractivity contribution in [3.63, 3.8) is 0 Å². The maximum Gasteiger partial charge on any atom is 0.166 e. The highest BCUT2D eigenvalue weighted by molar-refractivity contribution is 5.73. The highest BCUT2D eigenvalue weighted by atomic mass is 16.3. The Morgan fingerprint density at radius 2 is 2.36 bits per heavy atom. The molecule has 0 saturated carbocycles. The summed E-state index contributed by atoms with van der Waals surface area (Å²) in [5.41, 5.74) is 2.10. The van der Waals surface area contributed by atoms with Gasteiger partial charge in [-0.05, 0) is 12.1 Å². The largest absolute Gasteiger partial charge is 0.396 e. The van der Waals surface area contributed by atoms with E-state index in [9.17, 15) is 4.79 Å². The molecule has 0 aliphatic carbocycles. The van der Waals surface area contributed by atoms with Gasteiger partial charge in [-0.1, -0.05) is 6.07 Å². The van der Waals surface area contributed by atoms with Gasteiger partial charge in [-0.25, -0.2) is 4.98 Å². The molecule has 0 bridgehead atoms. The Kier molecular flexibility index (Phi) is 2.28. The molecule has 14 heavy (non-hydrogen) atoms. The van der Waals surface area contributed by atoms with Crippen LogP contribution in [0, 0.1) is 0 Å². The lowest BCUT2D eigenvalue weighted by molar-refractivity contribution is 0.111. The van der Waals surface area contributed by atoms with Crippen LogP contribution in [0.2, 0.25) is 0 Å². The topological polar surface area (TPSA) is 54.6 Å². The number of carbonyl (C=O) groups excluding carboxylic acids is 1. The quantitative estimate of drug-likeness (QED) is 0.724. The van der Waals surface area contributed by atoms with Crippen LogP contribution in [0.3, 0.4) is 0 Å². The molecule has 2 aromatic rings. The van der Waals surface area contributed by atoms with Crippen LogP contribution in [-0.2, 0) is 6.42 Å². The lowest BCUT2D eigenvalue weighted by atomic mass is 10.3. The third-order valence-electron chi connectivity index (χ3n) is 2.06. The molecule has 0 fully saturated rings. The number of imidazole rings is 1. The zero-order chi connectivity index (χ0) is 9.97. The summed E-state index contributed by atoms with van der Waals surface area (Å²) in [5, 5.41) is 8.75. The Balaban J connectivity index is 2.58. The number of aldehydes is 1. The Morgan fingerprint density at radius 1 is 1.50 bits per heavy atom. The van der Waals surface area contributed by atoms with Gasteiger partial charge in [-0.3, -0.25) is 9.20 Å². The number of fused-ring (bicyclic) bond motifs is 1. The van der Waals surface area contributed by atoms with E-state index in [4.69, 9.17) is 5.11 Å². The number of nitrogens with zero attached hydrogens (tertiary/aromatic N) is 2. The predicted octanol–water partition coefficient (Wildman–Crippen LogP) is 0.682. The smallest absolute Gasteiger partial charge is 0.166 e.